The van der Waals surface area contributed by atoms with Crippen LogP contribution in [-0.4, -0.2) is 17.5 Å². The molecule has 2 N–H and O–H groups in total. The van der Waals surface area contributed by atoms with Crippen LogP contribution in [0.3, 0.4) is 0 Å². The number of aromatic amines is 1. The van der Waals surface area contributed by atoms with Crippen LogP contribution in [0.4, 0.5) is 0 Å². The van der Waals surface area contributed by atoms with E-state index in [-0.39, 0.29) is 5.91 Å². The average Bonchev–Trinajstić information content (AvgIpc) is 3.21. The van der Waals surface area contributed by atoms with Gasteiger partial charge in [0.15, 0.2) is 0 Å². The molecule has 1 aromatic carbocycles. The SMILES string of the molecule is CCCCOc1ccc2cc(C(=O)NCc3ccco3)[nH]c2c1. The van der Waals surface area contributed by atoms with Crippen LogP contribution < -0.4 is 10.1 Å². The first-order valence-corrected chi connectivity index (χ1v) is 7.82. The first-order valence-electron chi connectivity index (χ1n) is 7.82. The van der Waals surface area contributed by atoms with E-state index in [2.05, 4.69) is 17.2 Å². The van der Waals surface area contributed by atoms with Gasteiger partial charge in [0.25, 0.3) is 5.91 Å². The molecule has 5 nitrogen and oxygen atoms in total. The van der Waals surface area contributed by atoms with E-state index in [0.29, 0.717) is 18.8 Å². The number of carbonyl (C=O) groups excluding carboxylic acids is 1. The highest BCUT2D eigenvalue weighted by atomic mass is 16.5. The van der Waals surface area contributed by atoms with Crippen molar-refractivity contribution in [3.8, 4) is 5.75 Å². The summed E-state index contributed by atoms with van der Waals surface area (Å²) in [6.07, 6.45) is 3.72. The molecule has 2 heterocycles. The number of hydrogen-bond donors (Lipinski definition) is 2. The van der Waals surface area contributed by atoms with Gasteiger partial charge in [-0.2, -0.15) is 0 Å². The smallest absolute Gasteiger partial charge is 0.268 e. The van der Waals surface area contributed by atoms with Crippen molar-refractivity contribution in [3.63, 3.8) is 0 Å². The van der Waals surface area contributed by atoms with Crippen molar-refractivity contribution in [3.05, 3.63) is 54.1 Å². The van der Waals surface area contributed by atoms with Gasteiger partial charge < -0.3 is 19.5 Å². The Hall–Kier alpha value is -2.69. The van der Waals surface area contributed by atoms with E-state index < -0.39 is 0 Å². The largest absolute Gasteiger partial charge is 0.494 e. The van der Waals surface area contributed by atoms with Gasteiger partial charge in [0, 0.05) is 17.0 Å². The minimum absolute atomic E-state index is 0.161. The van der Waals surface area contributed by atoms with Gasteiger partial charge in [-0.25, -0.2) is 0 Å². The fourth-order valence-electron chi connectivity index (χ4n) is 2.33. The minimum Gasteiger partial charge on any atom is -0.494 e. The Morgan fingerprint density at radius 3 is 3.00 bits per heavy atom. The molecule has 0 radical (unpaired) electrons. The van der Waals surface area contributed by atoms with Gasteiger partial charge in [-0.3, -0.25) is 4.79 Å². The summed E-state index contributed by atoms with van der Waals surface area (Å²) in [6, 6.07) is 11.3. The number of H-pyrrole nitrogens is 1. The maximum atomic E-state index is 12.2. The predicted molar refractivity (Wildman–Crippen MR) is 88.6 cm³/mol. The van der Waals surface area contributed by atoms with Gasteiger partial charge in [0.2, 0.25) is 0 Å². The van der Waals surface area contributed by atoms with Crippen LogP contribution in [0.15, 0.2) is 47.1 Å². The lowest BCUT2D eigenvalue weighted by Gasteiger charge is -2.04. The van der Waals surface area contributed by atoms with Crippen molar-refractivity contribution in [2.24, 2.45) is 0 Å². The van der Waals surface area contributed by atoms with Crippen molar-refractivity contribution < 1.29 is 13.9 Å². The van der Waals surface area contributed by atoms with Gasteiger partial charge in [0.05, 0.1) is 19.4 Å². The maximum absolute atomic E-state index is 12.2. The zero-order valence-electron chi connectivity index (χ0n) is 13.1. The van der Waals surface area contributed by atoms with Crippen LogP contribution >= 0.6 is 0 Å². The number of furan rings is 1. The van der Waals surface area contributed by atoms with Crippen LogP contribution in [0, 0.1) is 0 Å². The molecule has 1 amide bonds. The number of unbranched alkanes of at least 4 members (excludes halogenated alkanes) is 1. The lowest BCUT2D eigenvalue weighted by atomic mass is 10.2. The number of amides is 1. The molecule has 2 aromatic heterocycles. The number of fused-ring (bicyclic) bond motifs is 1. The zero-order chi connectivity index (χ0) is 16.1. The number of rotatable bonds is 7. The summed E-state index contributed by atoms with van der Waals surface area (Å²) in [5, 5.41) is 3.81. The van der Waals surface area contributed by atoms with Crippen molar-refractivity contribution in [1.82, 2.24) is 10.3 Å². The summed E-state index contributed by atoms with van der Waals surface area (Å²) < 4.78 is 10.9. The molecule has 120 valence electrons. The van der Waals surface area contributed by atoms with Crippen LogP contribution in [0.25, 0.3) is 10.9 Å². The summed E-state index contributed by atoms with van der Waals surface area (Å²) in [7, 11) is 0. The summed E-state index contributed by atoms with van der Waals surface area (Å²) in [5.74, 6) is 1.38. The van der Waals surface area contributed by atoms with Gasteiger partial charge in [-0.1, -0.05) is 13.3 Å². The number of aromatic nitrogens is 1. The molecule has 3 aromatic rings. The summed E-state index contributed by atoms with van der Waals surface area (Å²) in [6.45, 7) is 3.21. The Kier molecular flexibility index (Phi) is 4.66. The Balaban J connectivity index is 1.67. The first kappa shape index (κ1) is 15.2. The van der Waals surface area contributed by atoms with Crippen LogP contribution in [-0.2, 0) is 6.54 Å². The van der Waals surface area contributed by atoms with Gasteiger partial charge in [-0.05, 0) is 36.8 Å². The van der Waals surface area contributed by atoms with Crippen molar-refractivity contribution in [2.75, 3.05) is 6.61 Å². The first-order chi connectivity index (χ1) is 11.3. The van der Waals surface area contributed by atoms with Crippen LogP contribution in [0.2, 0.25) is 0 Å². The van der Waals surface area contributed by atoms with E-state index >= 15 is 0 Å². The highest BCUT2D eigenvalue weighted by Gasteiger charge is 2.10. The fraction of sp³-hybridized carbons (Fsp3) is 0.278. The van der Waals surface area contributed by atoms with Gasteiger partial charge in [-0.15, -0.1) is 0 Å². The van der Waals surface area contributed by atoms with E-state index in [1.165, 1.54) is 0 Å². The van der Waals surface area contributed by atoms with Crippen molar-refractivity contribution in [2.45, 2.75) is 26.3 Å². The molecule has 23 heavy (non-hydrogen) atoms. The predicted octanol–water partition coefficient (Wildman–Crippen LogP) is 3.87. The number of carbonyl (C=O) groups is 1. The third-order valence-electron chi connectivity index (χ3n) is 3.61. The Morgan fingerprint density at radius 1 is 1.30 bits per heavy atom. The lowest BCUT2D eigenvalue weighted by Crippen LogP contribution is -2.22. The normalized spacial score (nSPS) is 10.8. The lowest BCUT2D eigenvalue weighted by molar-refractivity contribution is 0.0944. The highest BCUT2D eigenvalue weighted by molar-refractivity contribution is 5.98. The van der Waals surface area contributed by atoms with Crippen molar-refractivity contribution in [1.29, 1.82) is 0 Å². The number of benzene rings is 1. The molecule has 5 heteroatoms. The average molecular weight is 312 g/mol. The van der Waals surface area contributed by atoms with E-state index in [1.54, 1.807) is 12.3 Å². The highest BCUT2D eigenvalue weighted by Crippen LogP contribution is 2.22. The third-order valence-corrected chi connectivity index (χ3v) is 3.61. The second-order valence-electron chi connectivity index (χ2n) is 5.40. The molecule has 0 atom stereocenters. The fourth-order valence-corrected chi connectivity index (χ4v) is 2.33. The van der Waals surface area contributed by atoms with E-state index in [0.717, 1.165) is 35.3 Å². The molecule has 0 bridgehead atoms. The van der Waals surface area contributed by atoms with E-state index in [9.17, 15) is 4.79 Å². The van der Waals surface area contributed by atoms with Gasteiger partial charge >= 0.3 is 0 Å². The molecule has 0 saturated carbocycles. The molecule has 3 rings (SSSR count). The quantitative estimate of drug-likeness (QED) is 0.651. The minimum atomic E-state index is -0.161. The van der Waals surface area contributed by atoms with Crippen molar-refractivity contribution >= 4 is 16.8 Å². The topological polar surface area (TPSA) is 67.3 Å². The van der Waals surface area contributed by atoms with Crippen LogP contribution in [0.1, 0.15) is 36.0 Å². The number of hydrogen-bond acceptors (Lipinski definition) is 3. The number of nitrogens with one attached hydrogen (secondary N) is 2. The molecule has 0 spiro atoms. The molecular formula is C18H20N2O3. The second kappa shape index (κ2) is 7.05. The molecule has 0 unspecified atom stereocenters. The second-order valence-corrected chi connectivity index (χ2v) is 5.40. The Bertz CT molecular complexity index is 775. The summed E-state index contributed by atoms with van der Waals surface area (Å²) >= 11 is 0. The molecule has 0 aliphatic carbocycles. The van der Waals surface area contributed by atoms with E-state index in [4.69, 9.17) is 9.15 Å². The van der Waals surface area contributed by atoms with Crippen LogP contribution in [0.5, 0.6) is 5.75 Å². The molecule has 0 aliphatic rings. The summed E-state index contributed by atoms with van der Waals surface area (Å²) in [5.41, 5.74) is 1.42. The third kappa shape index (κ3) is 3.74. The Labute approximate surface area is 134 Å². The summed E-state index contributed by atoms with van der Waals surface area (Å²) in [4.78, 5) is 15.3. The number of ether oxygens (including phenoxy) is 1. The molecule has 0 fully saturated rings. The molecular weight excluding hydrogens is 292 g/mol. The zero-order valence-corrected chi connectivity index (χ0v) is 13.1. The molecule has 0 saturated heterocycles. The monoisotopic (exact) mass is 312 g/mol. The molecule has 0 aliphatic heterocycles. The van der Waals surface area contributed by atoms with Gasteiger partial charge in [0.1, 0.15) is 17.2 Å². The Morgan fingerprint density at radius 2 is 2.22 bits per heavy atom. The van der Waals surface area contributed by atoms with E-state index in [1.807, 2.05) is 30.3 Å². The standard InChI is InChI=1S/C18H20N2O3/c1-2-3-8-22-14-7-6-13-10-17(20-16(13)11-14)18(21)19-12-15-5-4-9-23-15/h4-7,9-11,20H,2-3,8,12H2,1H3,(H,19,21). The maximum Gasteiger partial charge on any atom is 0.268 e.